The first-order chi connectivity index (χ1) is 16.4. The maximum Gasteiger partial charge on any atom is 0.407 e. The van der Waals surface area contributed by atoms with Gasteiger partial charge in [0.05, 0.1) is 12.3 Å². The first-order valence-electron chi connectivity index (χ1n) is 12.1. The molecule has 0 aromatic heterocycles. The average molecular weight is 467 g/mol. The molecule has 3 rings (SSSR count). The van der Waals surface area contributed by atoms with Crippen LogP contribution in [0, 0.1) is 5.92 Å². The maximum absolute atomic E-state index is 12.8. The Labute approximate surface area is 200 Å². The smallest absolute Gasteiger partial charge is 0.407 e. The average Bonchev–Trinajstić information content (AvgIpc) is 3.14. The van der Waals surface area contributed by atoms with Gasteiger partial charge in [0.15, 0.2) is 0 Å². The normalized spacial score (nSPS) is 13.9. The molecule has 1 aliphatic carbocycles. The number of fused-ring (bicyclic) bond motifs is 3. The molecule has 3 N–H and O–H groups in total. The van der Waals surface area contributed by atoms with Crippen LogP contribution >= 0.6 is 0 Å². The Balaban J connectivity index is 1.56. The standard InChI is InChI=1S/C27H34N2O5/c1-3-9-18(26(32)29-19(10-4-2)15-25(30)31)16-28-27(33)34-17-24-22-13-7-5-11-20(22)21-12-6-8-14-23(21)24/h5-8,11-14,18-19,24H,3-4,9-10,15-17H2,1-2H3,(H,28,33)(H,29,32)(H,30,31). The molecule has 2 aromatic rings. The Bertz CT molecular complexity index is 961. The van der Waals surface area contributed by atoms with E-state index in [0.29, 0.717) is 12.8 Å². The topological polar surface area (TPSA) is 105 Å². The number of aliphatic carboxylic acids is 1. The molecule has 0 heterocycles. The quantitative estimate of drug-likeness (QED) is 0.421. The number of carboxylic acid groups (broad SMARTS) is 1. The number of alkyl carbamates (subject to hydrolysis) is 1. The molecule has 0 saturated carbocycles. The van der Waals surface area contributed by atoms with Gasteiger partial charge in [-0.15, -0.1) is 0 Å². The Hall–Kier alpha value is -3.35. The van der Waals surface area contributed by atoms with E-state index < -0.39 is 24.0 Å². The third kappa shape index (κ3) is 6.37. The highest BCUT2D eigenvalue weighted by atomic mass is 16.5. The van der Waals surface area contributed by atoms with Gasteiger partial charge < -0.3 is 20.5 Å². The Kier molecular flexibility index (Phi) is 9.08. The van der Waals surface area contributed by atoms with Crippen molar-refractivity contribution in [1.29, 1.82) is 0 Å². The molecular weight excluding hydrogens is 432 g/mol. The lowest BCUT2D eigenvalue weighted by Gasteiger charge is -2.22. The van der Waals surface area contributed by atoms with Gasteiger partial charge in [-0.3, -0.25) is 9.59 Å². The van der Waals surface area contributed by atoms with E-state index in [1.807, 2.05) is 38.1 Å². The summed E-state index contributed by atoms with van der Waals surface area (Å²) in [6.45, 7) is 4.27. The minimum absolute atomic E-state index is 0.0290. The van der Waals surface area contributed by atoms with Gasteiger partial charge >= 0.3 is 12.1 Å². The molecule has 0 aliphatic heterocycles. The first kappa shape index (κ1) is 25.3. The molecule has 2 amide bonds. The zero-order valence-electron chi connectivity index (χ0n) is 19.9. The molecule has 0 fully saturated rings. The SMILES string of the molecule is CCCC(CC(=O)O)NC(=O)C(CCC)CNC(=O)OCC1c2ccccc2-c2ccccc21. The summed E-state index contributed by atoms with van der Waals surface area (Å²) >= 11 is 0. The van der Waals surface area contributed by atoms with Crippen LogP contribution in [-0.2, 0) is 14.3 Å². The van der Waals surface area contributed by atoms with Crippen LogP contribution in [0.3, 0.4) is 0 Å². The molecule has 1 aliphatic rings. The molecule has 0 radical (unpaired) electrons. The number of amides is 2. The van der Waals surface area contributed by atoms with Crippen molar-refractivity contribution in [2.75, 3.05) is 13.2 Å². The number of carbonyl (C=O) groups excluding carboxylic acids is 2. The highest BCUT2D eigenvalue weighted by Gasteiger charge is 2.29. The second-order valence-electron chi connectivity index (χ2n) is 8.78. The third-order valence-electron chi connectivity index (χ3n) is 6.25. The van der Waals surface area contributed by atoms with Crippen molar-refractivity contribution in [2.45, 2.75) is 57.9 Å². The van der Waals surface area contributed by atoms with Gasteiger partial charge in [0.2, 0.25) is 5.91 Å². The summed E-state index contributed by atoms with van der Waals surface area (Å²) in [5.74, 6) is -1.65. The van der Waals surface area contributed by atoms with Gasteiger partial charge in [-0.25, -0.2) is 4.79 Å². The minimum Gasteiger partial charge on any atom is -0.481 e. The number of carboxylic acids is 1. The molecule has 2 aromatic carbocycles. The van der Waals surface area contributed by atoms with Crippen LogP contribution in [0.1, 0.15) is 63.0 Å². The molecule has 7 nitrogen and oxygen atoms in total. The second kappa shape index (κ2) is 12.2. The molecule has 2 atom stereocenters. The number of benzene rings is 2. The number of hydrogen-bond donors (Lipinski definition) is 3. The lowest BCUT2D eigenvalue weighted by molar-refractivity contribution is -0.137. The van der Waals surface area contributed by atoms with Crippen molar-refractivity contribution >= 4 is 18.0 Å². The van der Waals surface area contributed by atoms with Gasteiger partial charge in [-0.2, -0.15) is 0 Å². The Morgan fingerprint density at radius 1 is 0.941 bits per heavy atom. The molecule has 182 valence electrons. The highest BCUT2D eigenvalue weighted by molar-refractivity contribution is 5.81. The number of rotatable bonds is 12. The summed E-state index contributed by atoms with van der Waals surface area (Å²) in [5.41, 5.74) is 4.60. The summed E-state index contributed by atoms with van der Waals surface area (Å²) < 4.78 is 5.56. The number of carbonyl (C=O) groups is 3. The van der Waals surface area contributed by atoms with E-state index in [-0.39, 0.29) is 31.4 Å². The van der Waals surface area contributed by atoms with Crippen LogP contribution in [0.5, 0.6) is 0 Å². The predicted octanol–water partition coefficient (Wildman–Crippen LogP) is 4.70. The van der Waals surface area contributed by atoms with Gasteiger partial charge in [0, 0.05) is 18.5 Å². The van der Waals surface area contributed by atoms with Gasteiger partial charge in [0.1, 0.15) is 6.61 Å². The molecule has 0 bridgehead atoms. The zero-order chi connectivity index (χ0) is 24.5. The van der Waals surface area contributed by atoms with Crippen LogP contribution in [-0.4, -0.2) is 42.3 Å². The van der Waals surface area contributed by atoms with Crippen molar-refractivity contribution in [3.05, 3.63) is 59.7 Å². The van der Waals surface area contributed by atoms with Crippen molar-refractivity contribution in [3.63, 3.8) is 0 Å². The lowest BCUT2D eigenvalue weighted by Crippen LogP contribution is -2.44. The van der Waals surface area contributed by atoms with E-state index in [0.717, 1.165) is 35.1 Å². The largest absolute Gasteiger partial charge is 0.481 e. The van der Waals surface area contributed by atoms with Crippen LogP contribution in [0.2, 0.25) is 0 Å². The lowest BCUT2D eigenvalue weighted by atomic mass is 9.98. The fraction of sp³-hybridized carbons (Fsp3) is 0.444. The van der Waals surface area contributed by atoms with E-state index in [1.165, 1.54) is 0 Å². The molecule has 34 heavy (non-hydrogen) atoms. The number of hydrogen-bond acceptors (Lipinski definition) is 4. The van der Waals surface area contributed by atoms with Crippen molar-refractivity contribution < 1.29 is 24.2 Å². The summed E-state index contributed by atoms with van der Waals surface area (Å²) in [4.78, 5) is 36.3. The highest BCUT2D eigenvalue weighted by Crippen LogP contribution is 2.44. The van der Waals surface area contributed by atoms with Crippen LogP contribution in [0.4, 0.5) is 4.79 Å². The van der Waals surface area contributed by atoms with E-state index >= 15 is 0 Å². The summed E-state index contributed by atoms with van der Waals surface area (Å²) in [6, 6.07) is 15.9. The molecule has 7 heteroatoms. The first-order valence-corrected chi connectivity index (χ1v) is 12.1. The maximum atomic E-state index is 12.8. The minimum atomic E-state index is -0.942. The molecular formula is C27H34N2O5. The molecule has 0 saturated heterocycles. The summed E-state index contributed by atoms with van der Waals surface area (Å²) in [6.07, 6.45) is 2.04. The van der Waals surface area contributed by atoms with E-state index in [4.69, 9.17) is 9.84 Å². The van der Waals surface area contributed by atoms with Gasteiger partial charge in [0.25, 0.3) is 0 Å². The Morgan fingerprint density at radius 3 is 2.09 bits per heavy atom. The fourth-order valence-corrected chi connectivity index (χ4v) is 4.63. The molecule has 2 unspecified atom stereocenters. The van der Waals surface area contributed by atoms with Gasteiger partial charge in [-0.05, 0) is 35.1 Å². The van der Waals surface area contributed by atoms with Gasteiger partial charge in [-0.1, -0.05) is 75.2 Å². The fourth-order valence-electron chi connectivity index (χ4n) is 4.63. The van der Waals surface area contributed by atoms with Crippen LogP contribution < -0.4 is 10.6 Å². The Morgan fingerprint density at radius 2 is 1.53 bits per heavy atom. The van der Waals surface area contributed by atoms with Crippen molar-refractivity contribution in [3.8, 4) is 11.1 Å². The van der Waals surface area contributed by atoms with Crippen molar-refractivity contribution in [1.82, 2.24) is 10.6 Å². The van der Waals surface area contributed by atoms with Crippen LogP contribution in [0.15, 0.2) is 48.5 Å². The van der Waals surface area contributed by atoms with Crippen molar-refractivity contribution in [2.24, 2.45) is 5.92 Å². The zero-order valence-corrected chi connectivity index (χ0v) is 19.9. The van der Waals surface area contributed by atoms with Crippen LogP contribution in [0.25, 0.3) is 11.1 Å². The van der Waals surface area contributed by atoms with E-state index in [1.54, 1.807) is 0 Å². The molecule has 0 spiro atoms. The van der Waals surface area contributed by atoms with E-state index in [2.05, 4.69) is 34.9 Å². The number of nitrogens with one attached hydrogen (secondary N) is 2. The monoisotopic (exact) mass is 466 g/mol. The third-order valence-corrected chi connectivity index (χ3v) is 6.25. The summed E-state index contributed by atoms with van der Waals surface area (Å²) in [5, 5.41) is 14.7. The van der Waals surface area contributed by atoms with E-state index in [9.17, 15) is 14.4 Å². The number of ether oxygens (including phenoxy) is 1. The second-order valence-corrected chi connectivity index (χ2v) is 8.78. The predicted molar refractivity (Wildman–Crippen MR) is 131 cm³/mol. The summed E-state index contributed by atoms with van der Waals surface area (Å²) in [7, 11) is 0.